The molecule has 1 aromatic heterocycles. The lowest BCUT2D eigenvalue weighted by molar-refractivity contribution is 0.232. The number of benzene rings is 1. The van der Waals surface area contributed by atoms with E-state index in [0.717, 1.165) is 10.3 Å². The molecule has 0 amide bonds. The van der Waals surface area contributed by atoms with E-state index in [1.54, 1.807) is 0 Å². The second-order valence-corrected chi connectivity index (χ2v) is 7.43. The zero-order chi connectivity index (χ0) is 14.2. The average Bonchev–Trinajstić information content (AvgIpc) is 2.42. The Bertz CT molecular complexity index is 611. The predicted octanol–water partition coefficient (Wildman–Crippen LogP) is 5.38. The Balaban J connectivity index is 1.83. The van der Waals surface area contributed by atoms with E-state index in [1.807, 2.05) is 6.20 Å². The summed E-state index contributed by atoms with van der Waals surface area (Å²) in [6, 6.07) is 8.91. The molecular formula is C17H21BrN2. The Morgan fingerprint density at radius 3 is 2.65 bits per heavy atom. The minimum Gasteiger partial charge on any atom is -0.367 e. The van der Waals surface area contributed by atoms with Gasteiger partial charge in [0.2, 0.25) is 0 Å². The van der Waals surface area contributed by atoms with Crippen molar-refractivity contribution in [3.8, 4) is 0 Å². The Morgan fingerprint density at radius 2 is 1.90 bits per heavy atom. The number of halogens is 1. The monoisotopic (exact) mass is 332 g/mol. The molecule has 2 aromatic rings. The van der Waals surface area contributed by atoms with Crippen LogP contribution in [0.25, 0.3) is 10.8 Å². The fraction of sp³-hybridized carbons (Fsp3) is 0.471. The first-order valence-electron chi connectivity index (χ1n) is 7.35. The van der Waals surface area contributed by atoms with Gasteiger partial charge in [-0.05, 0) is 43.2 Å². The van der Waals surface area contributed by atoms with Gasteiger partial charge in [-0.2, -0.15) is 0 Å². The van der Waals surface area contributed by atoms with Gasteiger partial charge in [0.15, 0.2) is 0 Å². The summed E-state index contributed by atoms with van der Waals surface area (Å²) in [5, 5.41) is 6.08. The first-order valence-corrected chi connectivity index (χ1v) is 8.14. The van der Waals surface area contributed by atoms with Crippen LogP contribution >= 0.6 is 15.9 Å². The van der Waals surface area contributed by atoms with E-state index in [4.69, 9.17) is 0 Å². The fourth-order valence-corrected chi connectivity index (χ4v) is 3.52. The van der Waals surface area contributed by atoms with E-state index in [9.17, 15) is 0 Å². The maximum Gasteiger partial charge on any atom is 0.134 e. The molecule has 1 heterocycles. The molecule has 3 heteroatoms. The van der Waals surface area contributed by atoms with Gasteiger partial charge in [0.1, 0.15) is 5.82 Å². The van der Waals surface area contributed by atoms with Gasteiger partial charge in [-0.1, -0.05) is 41.9 Å². The maximum absolute atomic E-state index is 4.55. The van der Waals surface area contributed by atoms with Crippen molar-refractivity contribution in [1.29, 1.82) is 0 Å². The highest BCUT2D eigenvalue weighted by Gasteiger charge is 2.27. The highest BCUT2D eigenvalue weighted by atomic mass is 79.9. The quantitative estimate of drug-likeness (QED) is 0.798. The smallest absolute Gasteiger partial charge is 0.134 e. The molecule has 1 aliphatic rings. The Morgan fingerprint density at radius 1 is 1.15 bits per heavy atom. The molecule has 1 N–H and O–H groups in total. The molecule has 106 valence electrons. The molecule has 1 saturated carbocycles. The SMILES string of the molecule is CC1(C)CCC(Nc2nccc3c(Br)cccc23)CC1. The summed E-state index contributed by atoms with van der Waals surface area (Å²) >= 11 is 3.62. The van der Waals surface area contributed by atoms with Crippen LogP contribution in [0.1, 0.15) is 39.5 Å². The lowest BCUT2D eigenvalue weighted by atomic mass is 9.75. The zero-order valence-electron chi connectivity index (χ0n) is 12.1. The van der Waals surface area contributed by atoms with Gasteiger partial charge in [-0.15, -0.1) is 0 Å². The lowest BCUT2D eigenvalue weighted by Crippen LogP contribution is -2.30. The van der Waals surface area contributed by atoms with Crippen molar-refractivity contribution in [3.05, 3.63) is 34.9 Å². The van der Waals surface area contributed by atoms with Crippen LogP contribution in [0, 0.1) is 5.41 Å². The van der Waals surface area contributed by atoms with Crippen molar-refractivity contribution in [2.24, 2.45) is 5.41 Å². The van der Waals surface area contributed by atoms with Crippen molar-refractivity contribution >= 4 is 32.5 Å². The molecule has 0 spiro atoms. The van der Waals surface area contributed by atoms with Crippen LogP contribution in [0.4, 0.5) is 5.82 Å². The highest BCUT2D eigenvalue weighted by Crippen LogP contribution is 2.37. The first kappa shape index (κ1) is 13.9. The molecule has 1 fully saturated rings. The molecule has 1 aliphatic carbocycles. The van der Waals surface area contributed by atoms with E-state index in [0.29, 0.717) is 11.5 Å². The average molecular weight is 333 g/mol. The van der Waals surface area contributed by atoms with Gasteiger partial charge in [0, 0.05) is 27.5 Å². The minimum atomic E-state index is 0.507. The number of aromatic nitrogens is 1. The highest BCUT2D eigenvalue weighted by molar-refractivity contribution is 9.10. The Kier molecular flexibility index (Phi) is 3.72. The van der Waals surface area contributed by atoms with Gasteiger partial charge < -0.3 is 5.32 Å². The normalized spacial score (nSPS) is 19.1. The lowest BCUT2D eigenvalue weighted by Gasteiger charge is -2.35. The van der Waals surface area contributed by atoms with E-state index in [-0.39, 0.29) is 0 Å². The number of pyridine rings is 1. The summed E-state index contributed by atoms with van der Waals surface area (Å²) < 4.78 is 1.13. The molecule has 2 nitrogen and oxygen atoms in total. The molecule has 20 heavy (non-hydrogen) atoms. The summed E-state index contributed by atoms with van der Waals surface area (Å²) in [5.41, 5.74) is 0.507. The third-order valence-electron chi connectivity index (χ3n) is 4.43. The molecule has 1 aromatic carbocycles. The summed E-state index contributed by atoms with van der Waals surface area (Å²) in [7, 11) is 0. The predicted molar refractivity (Wildman–Crippen MR) is 89.1 cm³/mol. The summed E-state index contributed by atoms with van der Waals surface area (Å²) in [6.07, 6.45) is 6.94. The fourth-order valence-electron chi connectivity index (χ4n) is 3.02. The molecule has 0 aliphatic heterocycles. The topological polar surface area (TPSA) is 24.9 Å². The van der Waals surface area contributed by atoms with Crippen molar-refractivity contribution in [2.45, 2.75) is 45.6 Å². The van der Waals surface area contributed by atoms with Gasteiger partial charge in [0.25, 0.3) is 0 Å². The Labute approximate surface area is 129 Å². The second-order valence-electron chi connectivity index (χ2n) is 6.58. The van der Waals surface area contributed by atoms with E-state index < -0.39 is 0 Å². The van der Waals surface area contributed by atoms with Gasteiger partial charge in [-0.3, -0.25) is 0 Å². The van der Waals surface area contributed by atoms with Crippen molar-refractivity contribution in [1.82, 2.24) is 4.98 Å². The number of hydrogen-bond acceptors (Lipinski definition) is 2. The molecular weight excluding hydrogens is 312 g/mol. The maximum atomic E-state index is 4.55. The van der Waals surface area contributed by atoms with Crippen LogP contribution in [-0.4, -0.2) is 11.0 Å². The van der Waals surface area contributed by atoms with Crippen molar-refractivity contribution in [2.75, 3.05) is 5.32 Å². The number of fused-ring (bicyclic) bond motifs is 1. The molecule has 0 atom stereocenters. The standard InChI is InChI=1S/C17H21BrN2/c1-17(2)9-6-12(7-10-17)20-16-14-4-3-5-15(18)13(14)8-11-19-16/h3-5,8,11-12H,6-7,9-10H2,1-2H3,(H,19,20). The van der Waals surface area contributed by atoms with Gasteiger partial charge >= 0.3 is 0 Å². The number of hydrogen-bond donors (Lipinski definition) is 1. The van der Waals surface area contributed by atoms with Crippen LogP contribution in [0.5, 0.6) is 0 Å². The van der Waals surface area contributed by atoms with E-state index in [1.165, 1.54) is 36.5 Å². The number of nitrogens with zero attached hydrogens (tertiary/aromatic N) is 1. The molecule has 0 saturated heterocycles. The third kappa shape index (κ3) is 2.83. The number of anilines is 1. The van der Waals surface area contributed by atoms with Crippen molar-refractivity contribution in [3.63, 3.8) is 0 Å². The summed E-state index contributed by atoms with van der Waals surface area (Å²) in [5.74, 6) is 1.02. The van der Waals surface area contributed by atoms with Crippen LogP contribution in [0.15, 0.2) is 34.9 Å². The van der Waals surface area contributed by atoms with E-state index in [2.05, 4.69) is 64.3 Å². The third-order valence-corrected chi connectivity index (χ3v) is 5.12. The molecule has 3 rings (SSSR count). The van der Waals surface area contributed by atoms with Crippen LogP contribution in [0.3, 0.4) is 0 Å². The van der Waals surface area contributed by atoms with Crippen molar-refractivity contribution < 1.29 is 0 Å². The summed E-state index contributed by atoms with van der Waals surface area (Å²) in [4.78, 5) is 4.55. The van der Waals surface area contributed by atoms with Gasteiger partial charge in [0.05, 0.1) is 0 Å². The minimum absolute atomic E-state index is 0.507. The van der Waals surface area contributed by atoms with Crippen LogP contribution < -0.4 is 5.32 Å². The second kappa shape index (κ2) is 5.36. The number of rotatable bonds is 2. The van der Waals surface area contributed by atoms with Crippen LogP contribution in [0.2, 0.25) is 0 Å². The Hall–Kier alpha value is -1.09. The largest absolute Gasteiger partial charge is 0.367 e. The summed E-state index contributed by atoms with van der Waals surface area (Å²) in [6.45, 7) is 4.74. The van der Waals surface area contributed by atoms with Gasteiger partial charge in [-0.25, -0.2) is 4.98 Å². The molecule has 0 bridgehead atoms. The zero-order valence-corrected chi connectivity index (χ0v) is 13.7. The first-order chi connectivity index (χ1) is 9.55. The number of nitrogens with one attached hydrogen (secondary N) is 1. The van der Waals surface area contributed by atoms with E-state index >= 15 is 0 Å². The molecule has 0 radical (unpaired) electrons. The molecule has 0 unspecified atom stereocenters. The van der Waals surface area contributed by atoms with Crippen LogP contribution in [-0.2, 0) is 0 Å².